The minimum absolute atomic E-state index is 0.0399. The Morgan fingerprint density at radius 1 is 1.35 bits per heavy atom. The molecule has 1 aromatic rings. The average Bonchev–Trinajstić information content (AvgIpc) is 2.51. The third kappa shape index (κ3) is 4.78. The number of hydrogen-bond acceptors (Lipinski definition) is 4. The molecule has 0 aromatic heterocycles. The molecule has 0 saturated carbocycles. The number of nitrogens with zero attached hydrogens (tertiary/aromatic N) is 1. The fourth-order valence-electron chi connectivity index (χ4n) is 3.04. The Balaban J connectivity index is 2.06. The first kappa shape index (κ1) is 17.9. The number of likely N-dealkylation sites (tertiary alicyclic amines) is 1. The van der Waals surface area contributed by atoms with Crippen molar-refractivity contribution in [1.29, 1.82) is 0 Å². The van der Waals surface area contributed by atoms with Crippen molar-refractivity contribution in [2.45, 2.75) is 37.1 Å². The minimum Gasteiger partial charge on any atom is -0.349 e. The van der Waals surface area contributed by atoms with Gasteiger partial charge < -0.3 is 10.2 Å². The van der Waals surface area contributed by atoms with Crippen LogP contribution in [0.1, 0.15) is 37.8 Å². The van der Waals surface area contributed by atoms with E-state index in [0.29, 0.717) is 4.90 Å². The second-order valence-electron chi connectivity index (χ2n) is 6.41. The number of piperidine rings is 1. The van der Waals surface area contributed by atoms with E-state index >= 15 is 0 Å². The summed E-state index contributed by atoms with van der Waals surface area (Å²) in [4.78, 5) is 15.0. The molecule has 0 bridgehead atoms. The van der Waals surface area contributed by atoms with E-state index in [-0.39, 0.29) is 17.9 Å². The Morgan fingerprint density at radius 3 is 2.52 bits per heavy atom. The molecule has 128 valence electrons. The van der Waals surface area contributed by atoms with Gasteiger partial charge in [0.05, 0.1) is 16.9 Å². The van der Waals surface area contributed by atoms with E-state index in [0.717, 1.165) is 37.9 Å². The zero-order valence-electron chi connectivity index (χ0n) is 14.1. The molecule has 0 radical (unpaired) electrons. The van der Waals surface area contributed by atoms with Crippen LogP contribution in [0.4, 0.5) is 0 Å². The van der Waals surface area contributed by atoms with Gasteiger partial charge in [0.1, 0.15) is 0 Å². The summed E-state index contributed by atoms with van der Waals surface area (Å²) in [5, 5.41) is 3.12. The highest BCUT2D eigenvalue weighted by Gasteiger charge is 2.25. The maximum atomic E-state index is 12.5. The van der Waals surface area contributed by atoms with E-state index in [1.54, 1.807) is 24.3 Å². The Kier molecular flexibility index (Phi) is 5.81. The minimum atomic E-state index is -3.19. The highest BCUT2D eigenvalue weighted by atomic mass is 32.2. The molecule has 6 heteroatoms. The molecule has 1 aromatic carbocycles. The maximum Gasteiger partial charge on any atom is 0.224 e. The summed E-state index contributed by atoms with van der Waals surface area (Å²) in [6.45, 7) is 3.87. The first-order valence-electron chi connectivity index (χ1n) is 8.10. The van der Waals surface area contributed by atoms with Gasteiger partial charge in [0.25, 0.3) is 0 Å². The number of hydrogen-bond donors (Lipinski definition) is 1. The zero-order chi connectivity index (χ0) is 17.0. The number of sulfone groups is 1. The van der Waals surface area contributed by atoms with Crippen molar-refractivity contribution in [3.63, 3.8) is 0 Å². The molecule has 1 fully saturated rings. The molecule has 0 spiro atoms. The third-order valence-electron chi connectivity index (χ3n) is 4.43. The number of carbonyl (C=O) groups excluding carboxylic acids is 1. The molecule has 1 aliphatic rings. The fraction of sp³-hybridized carbons (Fsp3) is 0.588. The van der Waals surface area contributed by atoms with Crippen molar-refractivity contribution < 1.29 is 13.2 Å². The number of carbonyl (C=O) groups is 1. The summed E-state index contributed by atoms with van der Waals surface area (Å²) in [5.41, 5.74) is 0.942. The normalized spacial score (nSPS) is 20.9. The Bertz CT molecular complexity index is 640. The maximum absolute atomic E-state index is 12.5. The molecule has 2 atom stereocenters. The van der Waals surface area contributed by atoms with Crippen LogP contribution in [0.25, 0.3) is 0 Å². The van der Waals surface area contributed by atoms with Crippen LogP contribution in [0.5, 0.6) is 0 Å². The molecule has 23 heavy (non-hydrogen) atoms. The standard InChI is InChI=1S/C17H26N2O3S/c1-4-16(13-7-9-15(10-8-13)23(3,21)22)18-17(20)14-6-5-11-19(2)12-14/h7-10,14,16H,4-6,11-12H2,1-3H3,(H,18,20)/t14-,16+/m1/s1. The lowest BCUT2D eigenvalue weighted by Crippen LogP contribution is -2.42. The van der Waals surface area contributed by atoms with Crippen LogP contribution in [-0.2, 0) is 14.6 Å². The highest BCUT2D eigenvalue weighted by Crippen LogP contribution is 2.21. The van der Waals surface area contributed by atoms with Gasteiger partial charge in [0.15, 0.2) is 9.84 Å². The molecule has 0 unspecified atom stereocenters. The van der Waals surface area contributed by atoms with E-state index < -0.39 is 9.84 Å². The monoisotopic (exact) mass is 338 g/mol. The van der Waals surface area contributed by atoms with E-state index in [1.807, 2.05) is 14.0 Å². The number of benzene rings is 1. The molecule has 1 N–H and O–H groups in total. The quantitative estimate of drug-likeness (QED) is 0.892. The molecule has 0 aliphatic carbocycles. The molecule has 1 amide bonds. The fourth-order valence-corrected chi connectivity index (χ4v) is 3.67. The number of amides is 1. The topological polar surface area (TPSA) is 66.5 Å². The predicted molar refractivity (Wildman–Crippen MR) is 90.9 cm³/mol. The van der Waals surface area contributed by atoms with Crippen molar-refractivity contribution >= 4 is 15.7 Å². The van der Waals surface area contributed by atoms with Crippen molar-refractivity contribution in [1.82, 2.24) is 10.2 Å². The lowest BCUT2D eigenvalue weighted by molar-refractivity contribution is -0.127. The molecular weight excluding hydrogens is 312 g/mol. The number of rotatable bonds is 5. The van der Waals surface area contributed by atoms with Gasteiger partial charge in [0, 0.05) is 12.8 Å². The Labute approximate surface area is 139 Å². The SMILES string of the molecule is CC[C@H](NC(=O)[C@@H]1CCCN(C)C1)c1ccc(S(C)(=O)=O)cc1. The molecule has 1 saturated heterocycles. The van der Waals surface area contributed by atoms with E-state index in [1.165, 1.54) is 6.26 Å². The Morgan fingerprint density at radius 2 is 2.00 bits per heavy atom. The summed E-state index contributed by atoms with van der Waals surface area (Å²) in [6, 6.07) is 6.71. The van der Waals surface area contributed by atoms with Crippen LogP contribution in [-0.4, -0.2) is 45.6 Å². The lowest BCUT2D eigenvalue weighted by Gasteiger charge is -2.30. The second kappa shape index (κ2) is 7.45. The van der Waals surface area contributed by atoms with Crippen LogP contribution in [0.3, 0.4) is 0 Å². The van der Waals surface area contributed by atoms with Gasteiger partial charge in [-0.25, -0.2) is 8.42 Å². The highest BCUT2D eigenvalue weighted by molar-refractivity contribution is 7.90. The van der Waals surface area contributed by atoms with Gasteiger partial charge in [-0.15, -0.1) is 0 Å². The lowest BCUT2D eigenvalue weighted by atomic mass is 9.96. The Hall–Kier alpha value is -1.40. The molecule has 1 heterocycles. The van der Waals surface area contributed by atoms with E-state index in [2.05, 4.69) is 10.2 Å². The van der Waals surface area contributed by atoms with Crippen molar-refractivity contribution in [3.8, 4) is 0 Å². The van der Waals surface area contributed by atoms with Crippen LogP contribution < -0.4 is 5.32 Å². The largest absolute Gasteiger partial charge is 0.349 e. The van der Waals surface area contributed by atoms with Gasteiger partial charge in [0.2, 0.25) is 5.91 Å². The van der Waals surface area contributed by atoms with Crippen LogP contribution in [0.15, 0.2) is 29.2 Å². The molecule has 2 rings (SSSR count). The zero-order valence-corrected chi connectivity index (χ0v) is 14.9. The van der Waals surface area contributed by atoms with Gasteiger partial charge in [-0.3, -0.25) is 4.79 Å². The predicted octanol–water partition coefficient (Wildman–Crippen LogP) is 2.00. The van der Waals surface area contributed by atoms with Crippen molar-refractivity contribution in [2.75, 3.05) is 26.4 Å². The average molecular weight is 338 g/mol. The van der Waals surface area contributed by atoms with Gasteiger partial charge in [-0.05, 0) is 50.6 Å². The first-order chi connectivity index (χ1) is 10.8. The number of nitrogens with one attached hydrogen (secondary N) is 1. The van der Waals surface area contributed by atoms with Crippen molar-refractivity contribution in [3.05, 3.63) is 29.8 Å². The summed E-state index contributed by atoms with van der Waals surface area (Å²) < 4.78 is 23.0. The van der Waals surface area contributed by atoms with Crippen molar-refractivity contribution in [2.24, 2.45) is 5.92 Å². The van der Waals surface area contributed by atoms with E-state index in [9.17, 15) is 13.2 Å². The van der Waals surface area contributed by atoms with Crippen LogP contribution in [0, 0.1) is 5.92 Å². The summed E-state index contributed by atoms with van der Waals surface area (Å²) in [6.07, 6.45) is 3.95. The van der Waals surface area contributed by atoms with Crippen LogP contribution >= 0.6 is 0 Å². The van der Waals surface area contributed by atoms with Gasteiger partial charge in [-0.1, -0.05) is 19.1 Å². The smallest absolute Gasteiger partial charge is 0.224 e. The molecular formula is C17H26N2O3S. The summed E-state index contributed by atoms with van der Waals surface area (Å²) in [7, 11) is -1.15. The van der Waals surface area contributed by atoms with E-state index in [4.69, 9.17) is 0 Å². The second-order valence-corrected chi connectivity index (χ2v) is 8.43. The third-order valence-corrected chi connectivity index (χ3v) is 5.56. The van der Waals surface area contributed by atoms with Crippen LogP contribution in [0.2, 0.25) is 0 Å². The first-order valence-corrected chi connectivity index (χ1v) is 9.99. The summed E-state index contributed by atoms with van der Waals surface area (Å²) in [5.74, 6) is 0.133. The molecule has 1 aliphatic heterocycles. The summed E-state index contributed by atoms with van der Waals surface area (Å²) >= 11 is 0. The molecule has 5 nitrogen and oxygen atoms in total. The van der Waals surface area contributed by atoms with Gasteiger partial charge >= 0.3 is 0 Å². The van der Waals surface area contributed by atoms with Gasteiger partial charge in [-0.2, -0.15) is 0 Å².